The van der Waals surface area contributed by atoms with E-state index in [1.165, 1.54) is 19.3 Å². The zero-order valence-corrected chi connectivity index (χ0v) is 15.5. The largest absolute Gasteiger partial charge is 0.462 e. The number of aromatic nitrogens is 1. The molecular weight excluding hydrogens is 342 g/mol. The van der Waals surface area contributed by atoms with E-state index in [1.807, 2.05) is 6.07 Å². The van der Waals surface area contributed by atoms with Gasteiger partial charge in [-0.05, 0) is 44.0 Å². The van der Waals surface area contributed by atoms with Crippen LogP contribution in [0.4, 0.5) is 11.5 Å². The molecule has 142 valence electrons. The number of benzene rings is 1. The van der Waals surface area contributed by atoms with Gasteiger partial charge in [0, 0.05) is 12.2 Å². The Morgan fingerprint density at radius 2 is 1.89 bits per heavy atom. The lowest BCUT2D eigenvalue weighted by atomic mass is 9.95. The summed E-state index contributed by atoms with van der Waals surface area (Å²) in [5, 5.41) is 6.20. The van der Waals surface area contributed by atoms with E-state index in [9.17, 15) is 9.59 Å². The molecule has 1 aromatic heterocycles. The number of rotatable bonds is 6. The average Bonchev–Trinajstić information content (AvgIpc) is 2.70. The Labute approximate surface area is 159 Å². The van der Waals surface area contributed by atoms with Gasteiger partial charge < -0.3 is 15.4 Å². The van der Waals surface area contributed by atoms with Gasteiger partial charge in [0.2, 0.25) is 0 Å². The standard InChI is InChI=1S/C21H25N3O3/c1-2-27-21(26)17-10-6-7-11-18(17)24-20(25)15-12-13-19(22-14-15)23-16-8-4-3-5-9-16/h6-7,10-14,16H,2-5,8-9H2,1H3,(H,22,23)(H,24,25). The molecule has 6 heteroatoms. The van der Waals surface area contributed by atoms with Crippen molar-refractivity contribution in [3.8, 4) is 0 Å². The summed E-state index contributed by atoms with van der Waals surface area (Å²) in [5.74, 6) is 0.00685. The summed E-state index contributed by atoms with van der Waals surface area (Å²) < 4.78 is 5.03. The van der Waals surface area contributed by atoms with E-state index in [4.69, 9.17) is 4.74 Å². The molecule has 1 aromatic carbocycles. The van der Waals surface area contributed by atoms with Crippen molar-refractivity contribution in [1.29, 1.82) is 0 Å². The number of pyridine rings is 1. The fraction of sp³-hybridized carbons (Fsp3) is 0.381. The SMILES string of the molecule is CCOC(=O)c1ccccc1NC(=O)c1ccc(NC2CCCCC2)nc1. The highest BCUT2D eigenvalue weighted by Crippen LogP contribution is 2.21. The molecule has 0 aliphatic heterocycles. The van der Waals surface area contributed by atoms with Crippen LogP contribution in [0.2, 0.25) is 0 Å². The van der Waals surface area contributed by atoms with Crippen LogP contribution in [-0.2, 0) is 4.74 Å². The highest BCUT2D eigenvalue weighted by molar-refractivity contribution is 6.07. The van der Waals surface area contributed by atoms with Crippen LogP contribution in [-0.4, -0.2) is 29.5 Å². The lowest BCUT2D eigenvalue weighted by Crippen LogP contribution is -2.23. The van der Waals surface area contributed by atoms with Gasteiger partial charge in [0.15, 0.2) is 0 Å². The van der Waals surface area contributed by atoms with Gasteiger partial charge in [-0.1, -0.05) is 31.4 Å². The van der Waals surface area contributed by atoms with Crippen molar-refractivity contribution in [1.82, 2.24) is 4.98 Å². The zero-order chi connectivity index (χ0) is 19.1. The second kappa shape index (κ2) is 9.16. The van der Waals surface area contributed by atoms with Crippen molar-refractivity contribution in [2.24, 2.45) is 0 Å². The van der Waals surface area contributed by atoms with E-state index < -0.39 is 5.97 Å². The number of nitrogens with zero attached hydrogens (tertiary/aromatic N) is 1. The maximum absolute atomic E-state index is 12.5. The van der Waals surface area contributed by atoms with E-state index >= 15 is 0 Å². The molecule has 3 rings (SSSR count). The number of hydrogen-bond acceptors (Lipinski definition) is 5. The third kappa shape index (κ3) is 5.06. The highest BCUT2D eigenvalue weighted by Gasteiger charge is 2.16. The topological polar surface area (TPSA) is 80.3 Å². The Morgan fingerprint density at radius 3 is 2.59 bits per heavy atom. The van der Waals surface area contributed by atoms with Gasteiger partial charge in [-0.25, -0.2) is 9.78 Å². The van der Waals surface area contributed by atoms with Crippen molar-refractivity contribution < 1.29 is 14.3 Å². The summed E-state index contributed by atoms with van der Waals surface area (Å²) in [4.78, 5) is 28.9. The molecule has 1 fully saturated rings. The quantitative estimate of drug-likeness (QED) is 0.746. The molecule has 6 nitrogen and oxygen atoms in total. The minimum atomic E-state index is -0.460. The Kier molecular flexibility index (Phi) is 6.41. The number of carbonyl (C=O) groups is 2. The van der Waals surface area contributed by atoms with Crippen molar-refractivity contribution in [3.63, 3.8) is 0 Å². The number of hydrogen-bond donors (Lipinski definition) is 2. The number of para-hydroxylation sites is 1. The lowest BCUT2D eigenvalue weighted by Gasteiger charge is -2.23. The molecule has 1 heterocycles. The highest BCUT2D eigenvalue weighted by atomic mass is 16.5. The Balaban J connectivity index is 1.65. The summed E-state index contributed by atoms with van der Waals surface area (Å²) in [6, 6.07) is 10.8. The Bertz CT molecular complexity index is 784. The van der Waals surface area contributed by atoms with Crippen molar-refractivity contribution in [3.05, 3.63) is 53.7 Å². The van der Waals surface area contributed by atoms with Gasteiger partial charge in [0.1, 0.15) is 5.82 Å². The monoisotopic (exact) mass is 367 g/mol. The minimum absolute atomic E-state index is 0.278. The maximum atomic E-state index is 12.5. The smallest absolute Gasteiger partial charge is 0.340 e. The van der Waals surface area contributed by atoms with Crippen LogP contribution in [0.1, 0.15) is 59.7 Å². The average molecular weight is 367 g/mol. The molecule has 1 amide bonds. The van der Waals surface area contributed by atoms with E-state index in [-0.39, 0.29) is 12.5 Å². The van der Waals surface area contributed by atoms with Gasteiger partial charge in [-0.3, -0.25) is 4.79 Å². The molecule has 0 bridgehead atoms. The number of nitrogens with one attached hydrogen (secondary N) is 2. The third-order valence-corrected chi connectivity index (χ3v) is 4.65. The first-order chi connectivity index (χ1) is 13.2. The summed E-state index contributed by atoms with van der Waals surface area (Å²) >= 11 is 0. The third-order valence-electron chi connectivity index (χ3n) is 4.65. The van der Waals surface area contributed by atoms with Crippen LogP contribution >= 0.6 is 0 Å². The molecule has 1 aliphatic carbocycles. The van der Waals surface area contributed by atoms with E-state index in [0.717, 1.165) is 18.7 Å². The number of esters is 1. The van der Waals surface area contributed by atoms with Gasteiger partial charge in [0.05, 0.1) is 23.4 Å². The molecule has 0 unspecified atom stereocenters. The first-order valence-electron chi connectivity index (χ1n) is 9.47. The molecule has 0 radical (unpaired) electrons. The fourth-order valence-electron chi connectivity index (χ4n) is 3.24. The predicted molar refractivity (Wildman–Crippen MR) is 105 cm³/mol. The molecule has 0 atom stereocenters. The van der Waals surface area contributed by atoms with Crippen molar-refractivity contribution >= 4 is 23.4 Å². The van der Waals surface area contributed by atoms with E-state index in [2.05, 4.69) is 15.6 Å². The van der Waals surface area contributed by atoms with Gasteiger partial charge in [-0.2, -0.15) is 0 Å². The fourth-order valence-corrected chi connectivity index (χ4v) is 3.24. The number of amides is 1. The summed E-state index contributed by atoms with van der Waals surface area (Å²) in [6.07, 6.45) is 7.67. The molecule has 0 saturated heterocycles. The van der Waals surface area contributed by atoms with Gasteiger partial charge in [-0.15, -0.1) is 0 Å². The predicted octanol–water partition coefficient (Wildman–Crippen LogP) is 4.26. The summed E-state index contributed by atoms with van der Waals surface area (Å²) in [5.41, 5.74) is 1.18. The Morgan fingerprint density at radius 1 is 1.11 bits per heavy atom. The summed E-state index contributed by atoms with van der Waals surface area (Å²) in [7, 11) is 0. The van der Waals surface area contributed by atoms with Crippen molar-refractivity contribution in [2.45, 2.75) is 45.1 Å². The molecular formula is C21H25N3O3. The van der Waals surface area contributed by atoms with Crippen molar-refractivity contribution in [2.75, 3.05) is 17.2 Å². The lowest BCUT2D eigenvalue weighted by molar-refractivity contribution is 0.0527. The second-order valence-electron chi connectivity index (χ2n) is 6.63. The van der Waals surface area contributed by atoms with Crippen LogP contribution < -0.4 is 10.6 Å². The molecule has 27 heavy (non-hydrogen) atoms. The van der Waals surface area contributed by atoms with E-state index in [1.54, 1.807) is 43.5 Å². The summed E-state index contributed by atoms with van der Waals surface area (Å²) in [6.45, 7) is 2.02. The van der Waals surface area contributed by atoms with Crippen LogP contribution in [0.3, 0.4) is 0 Å². The number of anilines is 2. The van der Waals surface area contributed by atoms with Crippen LogP contribution in [0, 0.1) is 0 Å². The maximum Gasteiger partial charge on any atom is 0.340 e. The van der Waals surface area contributed by atoms with Gasteiger partial charge in [0.25, 0.3) is 5.91 Å². The Hall–Kier alpha value is -2.89. The van der Waals surface area contributed by atoms with Gasteiger partial charge >= 0.3 is 5.97 Å². The number of carbonyl (C=O) groups excluding carboxylic acids is 2. The van der Waals surface area contributed by atoms with Crippen LogP contribution in [0.15, 0.2) is 42.6 Å². The molecule has 2 N–H and O–H groups in total. The first-order valence-corrected chi connectivity index (χ1v) is 9.47. The minimum Gasteiger partial charge on any atom is -0.462 e. The molecule has 0 spiro atoms. The molecule has 1 aliphatic rings. The normalized spacial score (nSPS) is 14.4. The zero-order valence-electron chi connectivity index (χ0n) is 15.5. The van der Waals surface area contributed by atoms with E-state index in [0.29, 0.717) is 22.9 Å². The first kappa shape index (κ1) is 18.9. The molecule has 2 aromatic rings. The van der Waals surface area contributed by atoms with Crippen LogP contribution in [0.5, 0.6) is 0 Å². The second-order valence-corrected chi connectivity index (χ2v) is 6.63. The van der Waals surface area contributed by atoms with Crippen LogP contribution in [0.25, 0.3) is 0 Å². The number of ether oxygens (including phenoxy) is 1. The molecule has 1 saturated carbocycles.